The lowest BCUT2D eigenvalue weighted by Crippen LogP contribution is -2.58. The summed E-state index contributed by atoms with van der Waals surface area (Å²) in [5.41, 5.74) is 0.798. The Morgan fingerprint density at radius 2 is 2.12 bits per heavy atom. The molecular formula is C24H32N8OS. The van der Waals surface area contributed by atoms with Crippen molar-refractivity contribution in [2.45, 2.75) is 76.0 Å². The molecule has 0 radical (unpaired) electrons. The summed E-state index contributed by atoms with van der Waals surface area (Å²) in [4.78, 5) is 22.8. The monoisotopic (exact) mass is 480 g/mol. The van der Waals surface area contributed by atoms with Crippen LogP contribution in [0.2, 0.25) is 0 Å². The van der Waals surface area contributed by atoms with Crippen molar-refractivity contribution in [1.29, 1.82) is 0 Å². The minimum atomic E-state index is -0.196. The Labute approximate surface area is 202 Å². The largest absolute Gasteiger partial charge is 0.351 e. The van der Waals surface area contributed by atoms with Crippen molar-refractivity contribution in [3.05, 3.63) is 23.2 Å². The number of thiophene rings is 1. The van der Waals surface area contributed by atoms with Gasteiger partial charge in [0.2, 0.25) is 5.95 Å². The van der Waals surface area contributed by atoms with Crippen LogP contribution in [0, 0.1) is 12.3 Å². The average molecular weight is 481 g/mol. The fraction of sp³-hybridized carbons (Fsp3) is 0.583. The van der Waals surface area contributed by atoms with Gasteiger partial charge in [0.1, 0.15) is 16.9 Å². The predicted octanol–water partition coefficient (Wildman–Crippen LogP) is 3.49. The number of anilines is 3. The van der Waals surface area contributed by atoms with E-state index in [9.17, 15) is 4.79 Å². The third-order valence-electron chi connectivity index (χ3n) is 7.59. The fourth-order valence-electron chi connectivity index (χ4n) is 6.25. The maximum Gasteiger partial charge on any atom is 0.226 e. The van der Waals surface area contributed by atoms with Gasteiger partial charge in [0.25, 0.3) is 0 Å². The van der Waals surface area contributed by atoms with Gasteiger partial charge in [0.05, 0.1) is 5.39 Å². The number of aromatic amines is 1. The highest BCUT2D eigenvalue weighted by molar-refractivity contribution is 7.16. The molecule has 2 bridgehead atoms. The lowest BCUT2D eigenvalue weighted by Gasteiger charge is -2.48. The molecule has 0 aliphatic carbocycles. The first-order valence-corrected chi connectivity index (χ1v) is 13.2. The lowest BCUT2D eigenvalue weighted by atomic mass is 9.66. The number of rotatable bonds is 7. The molecule has 180 valence electrons. The van der Waals surface area contributed by atoms with Crippen LogP contribution in [0.3, 0.4) is 0 Å². The van der Waals surface area contributed by atoms with E-state index in [1.54, 1.807) is 11.3 Å². The Morgan fingerprint density at radius 3 is 2.82 bits per heavy atom. The Morgan fingerprint density at radius 1 is 1.26 bits per heavy atom. The number of hydrogen-bond donors (Lipinski definition) is 5. The van der Waals surface area contributed by atoms with Gasteiger partial charge in [-0.1, -0.05) is 0 Å². The van der Waals surface area contributed by atoms with Crippen LogP contribution in [0.5, 0.6) is 0 Å². The molecule has 2 unspecified atom stereocenters. The van der Waals surface area contributed by atoms with Gasteiger partial charge in [0, 0.05) is 41.3 Å². The van der Waals surface area contributed by atoms with E-state index in [1.807, 2.05) is 24.4 Å². The number of nitrogens with one attached hydrogen (secondary N) is 5. The molecule has 0 spiro atoms. The number of piperidine rings is 2. The summed E-state index contributed by atoms with van der Waals surface area (Å²) < 4.78 is 0. The molecule has 3 saturated heterocycles. The molecular weight excluding hydrogens is 448 g/mol. The van der Waals surface area contributed by atoms with Crippen molar-refractivity contribution < 1.29 is 4.79 Å². The van der Waals surface area contributed by atoms with E-state index in [0.717, 1.165) is 66.2 Å². The normalized spacial score (nSPS) is 31.0. The zero-order chi connectivity index (χ0) is 23.1. The predicted molar refractivity (Wildman–Crippen MR) is 135 cm³/mol. The van der Waals surface area contributed by atoms with Gasteiger partial charge in [-0.05, 0) is 69.9 Å². The molecule has 0 aromatic carbocycles. The SMILES string of the molecule is Cc1cc(Nc2nc(NC3C[C@@H]4CC(C=O)(C[C@@H]5CCCN5)C[C@H](C3)N4)nc3sccc23)n[nH]1. The number of H-pyrrole nitrogens is 1. The summed E-state index contributed by atoms with van der Waals surface area (Å²) in [5.74, 6) is 2.15. The van der Waals surface area contributed by atoms with E-state index in [0.29, 0.717) is 24.1 Å². The van der Waals surface area contributed by atoms with Crippen LogP contribution in [-0.2, 0) is 4.79 Å². The number of aldehydes is 1. The summed E-state index contributed by atoms with van der Waals surface area (Å²) >= 11 is 1.61. The van der Waals surface area contributed by atoms with Crippen molar-refractivity contribution in [3.8, 4) is 0 Å². The number of aryl methyl sites for hydroxylation is 1. The van der Waals surface area contributed by atoms with Crippen molar-refractivity contribution in [2.75, 3.05) is 17.2 Å². The van der Waals surface area contributed by atoms with Crippen molar-refractivity contribution in [1.82, 2.24) is 30.8 Å². The Balaban J connectivity index is 1.17. The second-order valence-electron chi connectivity index (χ2n) is 10.4. The second-order valence-corrected chi connectivity index (χ2v) is 11.3. The topological polar surface area (TPSA) is 120 Å². The van der Waals surface area contributed by atoms with Gasteiger partial charge in [-0.25, -0.2) is 4.98 Å². The van der Waals surface area contributed by atoms with Crippen LogP contribution >= 0.6 is 11.3 Å². The van der Waals surface area contributed by atoms with E-state index < -0.39 is 0 Å². The van der Waals surface area contributed by atoms with E-state index >= 15 is 0 Å². The van der Waals surface area contributed by atoms with Gasteiger partial charge in [-0.2, -0.15) is 10.1 Å². The number of carbonyl (C=O) groups excluding carboxylic acids is 1. The van der Waals surface area contributed by atoms with E-state index in [2.05, 4.69) is 31.5 Å². The minimum absolute atomic E-state index is 0.196. The summed E-state index contributed by atoms with van der Waals surface area (Å²) in [6.45, 7) is 3.06. The highest BCUT2D eigenvalue weighted by Crippen LogP contribution is 2.42. The molecule has 5 N–H and O–H groups in total. The van der Waals surface area contributed by atoms with E-state index in [-0.39, 0.29) is 11.5 Å². The molecule has 0 saturated carbocycles. The fourth-order valence-corrected chi connectivity index (χ4v) is 7.02. The van der Waals surface area contributed by atoms with Crippen molar-refractivity contribution in [2.24, 2.45) is 5.41 Å². The molecule has 3 aromatic heterocycles. The molecule has 34 heavy (non-hydrogen) atoms. The maximum absolute atomic E-state index is 12.3. The molecule has 10 heteroatoms. The molecule has 3 fully saturated rings. The van der Waals surface area contributed by atoms with Gasteiger partial charge < -0.3 is 26.1 Å². The number of hydrogen-bond acceptors (Lipinski definition) is 9. The van der Waals surface area contributed by atoms with Crippen LogP contribution in [0.1, 0.15) is 50.6 Å². The number of aromatic nitrogens is 4. The molecule has 6 rings (SSSR count). The van der Waals surface area contributed by atoms with Crippen molar-refractivity contribution in [3.63, 3.8) is 0 Å². The van der Waals surface area contributed by atoms with Crippen LogP contribution in [-0.4, -0.2) is 57.2 Å². The zero-order valence-corrected chi connectivity index (χ0v) is 20.3. The molecule has 3 aliphatic rings. The van der Waals surface area contributed by atoms with Gasteiger partial charge >= 0.3 is 0 Å². The summed E-state index contributed by atoms with van der Waals surface area (Å²) in [5, 5.41) is 24.6. The summed E-state index contributed by atoms with van der Waals surface area (Å²) in [7, 11) is 0. The number of fused-ring (bicyclic) bond motifs is 3. The van der Waals surface area contributed by atoms with E-state index in [1.165, 1.54) is 19.1 Å². The third-order valence-corrected chi connectivity index (χ3v) is 8.40. The first-order valence-electron chi connectivity index (χ1n) is 12.3. The van der Waals surface area contributed by atoms with Crippen LogP contribution < -0.4 is 21.3 Å². The van der Waals surface area contributed by atoms with Crippen LogP contribution in [0.25, 0.3) is 10.2 Å². The lowest BCUT2D eigenvalue weighted by molar-refractivity contribution is -0.120. The summed E-state index contributed by atoms with van der Waals surface area (Å²) in [6.07, 6.45) is 8.43. The third kappa shape index (κ3) is 4.42. The quantitative estimate of drug-likeness (QED) is 0.326. The average Bonchev–Trinajstić information content (AvgIpc) is 3.56. The highest BCUT2D eigenvalue weighted by atomic mass is 32.1. The van der Waals surface area contributed by atoms with E-state index in [4.69, 9.17) is 9.97 Å². The van der Waals surface area contributed by atoms with Crippen LogP contribution in [0.15, 0.2) is 17.5 Å². The minimum Gasteiger partial charge on any atom is -0.351 e. The molecule has 9 nitrogen and oxygen atoms in total. The standard InChI is InChI=1S/C24H32N8OS/c1-14-7-20(32-31-14)28-21-19-4-6-34-22(19)30-23(29-21)27-16-8-17-11-24(13-33,12-18(9-16)26-17)10-15-3-2-5-25-15/h4,6-7,13,15-18,25-26H,2-3,5,8-12H2,1H3,(H3,27,28,29,30,31,32)/t15-,16?,17-,18+,24?/m0/s1. The second kappa shape index (κ2) is 8.90. The highest BCUT2D eigenvalue weighted by Gasteiger charge is 2.45. The first kappa shape index (κ1) is 21.9. The summed E-state index contributed by atoms with van der Waals surface area (Å²) in [6, 6.07) is 5.45. The molecule has 6 heterocycles. The smallest absolute Gasteiger partial charge is 0.226 e. The molecule has 0 amide bonds. The maximum atomic E-state index is 12.3. The first-order chi connectivity index (χ1) is 16.6. The Bertz CT molecular complexity index is 1150. The van der Waals surface area contributed by atoms with Gasteiger partial charge in [-0.15, -0.1) is 11.3 Å². The van der Waals surface area contributed by atoms with Gasteiger partial charge in [-0.3, -0.25) is 5.10 Å². The van der Waals surface area contributed by atoms with Crippen LogP contribution in [0.4, 0.5) is 17.6 Å². The molecule has 5 atom stereocenters. The number of nitrogens with zero attached hydrogens (tertiary/aromatic N) is 3. The van der Waals surface area contributed by atoms with Crippen molar-refractivity contribution >= 4 is 45.4 Å². The molecule has 3 aliphatic heterocycles. The Hall–Kier alpha value is -2.56. The Kier molecular flexibility index (Phi) is 5.74. The number of carbonyl (C=O) groups is 1. The van der Waals surface area contributed by atoms with Gasteiger partial charge in [0.15, 0.2) is 5.82 Å². The zero-order valence-electron chi connectivity index (χ0n) is 19.4. The molecule has 3 aromatic rings.